The summed E-state index contributed by atoms with van der Waals surface area (Å²) in [5.74, 6) is -1.40. The van der Waals surface area contributed by atoms with Crippen LogP contribution < -0.4 is 10.6 Å². The number of carbonyl (C=O) groups is 3. The molecular weight excluding hydrogens is 420 g/mol. The van der Waals surface area contributed by atoms with Crippen LogP contribution in [0.25, 0.3) is 0 Å². The largest absolute Gasteiger partial charge is 0.462 e. The number of allylic oxidation sites excluding steroid dienone is 1. The molecule has 0 radical (unpaired) electrons. The van der Waals surface area contributed by atoms with Crippen LogP contribution in [0.15, 0.2) is 77.4 Å². The number of para-hydroxylation sites is 1. The van der Waals surface area contributed by atoms with Crippen molar-refractivity contribution < 1.29 is 23.9 Å². The van der Waals surface area contributed by atoms with E-state index in [1.54, 1.807) is 32.2 Å². The van der Waals surface area contributed by atoms with Crippen molar-refractivity contribution in [2.24, 2.45) is 5.73 Å². The third-order valence-electron chi connectivity index (χ3n) is 6.70. The molecule has 2 N–H and O–H groups in total. The highest BCUT2D eigenvalue weighted by atomic mass is 16.5. The number of hydrogen-bond acceptors (Lipinski definition) is 6. The molecule has 1 spiro atoms. The molecule has 2 heterocycles. The molecule has 0 saturated heterocycles. The quantitative estimate of drug-likeness (QED) is 0.731. The molecule has 2 atom stereocenters. The van der Waals surface area contributed by atoms with Gasteiger partial charge < -0.3 is 20.1 Å². The summed E-state index contributed by atoms with van der Waals surface area (Å²) in [5.41, 5.74) is 6.83. The predicted octanol–water partition coefficient (Wildman–Crippen LogP) is 3.07. The monoisotopic (exact) mass is 444 g/mol. The Morgan fingerprint density at radius 3 is 2.55 bits per heavy atom. The first-order chi connectivity index (χ1) is 15.9. The summed E-state index contributed by atoms with van der Waals surface area (Å²) in [7, 11) is 1.63. The van der Waals surface area contributed by atoms with Crippen LogP contribution in [-0.2, 0) is 29.3 Å². The van der Waals surface area contributed by atoms with Crippen LogP contribution in [0.2, 0.25) is 0 Å². The molecule has 5 rings (SSSR count). The van der Waals surface area contributed by atoms with Gasteiger partial charge in [-0.2, -0.15) is 0 Å². The van der Waals surface area contributed by atoms with Crippen molar-refractivity contribution in [2.45, 2.75) is 31.1 Å². The number of ether oxygens (including phenoxy) is 2. The molecule has 0 saturated carbocycles. The summed E-state index contributed by atoms with van der Waals surface area (Å²) in [6, 6.07) is 16.8. The minimum absolute atomic E-state index is 0.0906. The van der Waals surface area contributed by atoms with E-state index in [2.05, 4.69) is 0 Å². The van der Waals surface area contributed by atoms with Gasteiger partial charge in [-0.15, -0.1) is 0 Å². The van der Waals surface area contributed by atoms with Crippen molar-refractivity contribution in [3.63, 3.8) is 0 Å². The molecule has 0 fully saturated rings. The molecule has 0 bridgehead atoms. The van der Waals surface area contributed by atoms with Crippen LogP contribution in [-0.4, -0.2) is 31.3 Å². The fourth-order valence-corrected chi connectivity index (χ4v) is 5.34. The van der Waals surface area contributed by atoms with Crippen LogP contribution in [0.1, 0.15) is 36.8 Å². The van der Waals surface area contributed by atoms with Crippen molar-refractivity contribution >= 4 is 23.3 Å². The first-order valence-electron chi connectivity index (χ1n) is 11.0. The van der Waals surface area contributed by atoms with Gasteiger partial charge in [-0.3, -0.25) is 9.59 Å². The molecular formula is C26H24N2O5. The Balaban J connectivity index is 1.76. The number of Topliss-reactive ketones (excluding diaryl/α,β-unsaturated/α-hetero) is 1. The van der Waals surface area contributed by atoms with Crippen LogP contribution in [0, 0.1) is 0 Å². The molecule has 2 aromatic rings. The van der Waals surface area contributed by atoms with Crippen molar-refractivity contribution in [1.29, 1.82) is 0 Å². The van der Waals surface area contributed by atoms with Crippen LogP contribution in [0.4, 0.5) is 5.69 Å². The lowest BCUT2D eigenvalue weighted by Crippen LogP contribution is -2.51. The van der Waals surface area contributed by atoms with Gasteiger partial charge in [-0.05, 0) is 24.5 Å². The first-order valence-corrected chi connectivity index (χ1v) is 11.0. The molecule has 33 heavy (non-hydrogen) atoms. The lowest BCUT2D eigenvalue weighted by atomic mass is 9.63. The number of anilines is 1. The van der Waals surface area contributed by atoms with Crippen LogP contribution in [0.5, 0.6) is 0 Å². The number of esters is 1. The van der Waals surface area contributed by atoms with Crippen molar-refractivity contribution in [1.82, 2.24) is 0 Å². The highest BCUT2D eigenvalue weighted by molar-refractivity contribution is 6.23. The van der Waals surface area contributed by atoms with Gasteiger partial charge in [0.1, 0.15) is 16.7 Å². The normalized spacial score (nSPS) is 24.1. The van der Waals surface area contributed by atoms with E-state index >= 15 is 0 Å². The number of likely N-dealkylation sites (N-methyl/N-ethyl adjacent to an activating group) is 1. The second kappa shape index (κ2) is 7.62. The molecule has 7 heteroatoms. The van der Waals surface area contributed by atoms with Gasteiger partial charge in [0, 0.05) is 31.1 Å². The molecule has 168 valence electrons. The smallest absolute Gasteiger partial charge is 0.341 e. The van der Waals surface area contributed by atoms with Gasteiger partial charge in [0.15, 0.2) is 5.78 Å². The van der Waals surface area contributed by atoms with Crippen molar-refractivity contribution in [2.75, 3.05) is 18.6 Å². The molecule has 0 aromatic heterocycles. The van der Waals surface area contributed by atoms with E-state index in [9.17, 15) is 14.4 Å². The van der Waals surface area contributed by atoms with Gasteiger partial charge in [0.2, 0.25) is 11.8 Å². The Labute approximate surface area is 191 Å². The number of fused-ring (bicyclic) bond motifs is 3. The number of hydrogen-bond donors (Lipinski definition) is 1. The number of benzene rings is 2. The summed E-state index contributed by atoms with van der Waals surface area (Å²) in [5, 5.41) is 0. The summed E-state index contributed by atoms with van der Waals surface area (Å²) in [6.45, 7) is 1.76. The Hall–Kier alpha value is -3.87. The third kappa shape index (κ3) is 2.85. The average molecular weight is 444 g/mol. The SMILES string of the molecule is CCOC(=O)C1=C(N)OC2=C(C(=O)CC(c3ccccc3)C2)C12C(=O)N(C)c1ccccc12. The topological polar surface area (TPSA) is 98.9 Å². The van der Waals surface area contributed by atoms with Gasteiger partial charge in [-0.25, -0.2) is 4.79 Å². The van der Waals surface area contributed by atoms with E-state index in [1.807, 2.05) is 36.4 Å². The molecule has 2 aliphatic heterocycles. The second-order valence-corrected chi connectivity index (χ2v) is 8.43. The third-order valence-corrected chi connectivity index (χ3v) is 6.70. The zero-order valence-corrected chi connectivity index (χ0v) is 18.5. The van der Waals surface area contributed by atoms with E-state index in [0.29, 0.717) is 23.4 Å². The van der Waals surface area contributed by atoms with Gasteiger partial charge in [0.05, 0.1) is 12.2 Å². The second-order valence-electron chi connectivity index (χ2n) is 8.43. The van der Waals surface area contributed by atoms with Crippen molar-refractivity contribution in [3.05, 3.63) is 88.5 Å². The maximum Gasteiger partial charge on any atom is 0.341 e. The standard InChI is InChI=1S/C26H24N2O5/c1-3-32-24(30)22-23(27)33-20-14-16(15-9-5-4-6-10-15)13-19(29)21(20)26(22)17-11-7-8-12-18(17)28(2)25(26)31/h4-12,16H,3,13-14,27H2,1-2H3. The lowest BCUT2D eigenvalue weighted by molar-refractivity contribution is -0.141. The number of amides is 1. The minimum atomic E-state index is -1.69. The molecule has 1 amide bonds. The number of carbonyl (C=O) groups excluding carboxylic acids is 3. The Morgan fingerprint density at radius 2 is 1.82 bits per heavy atom. The zero-order valence-electron chi connectivity index (χ0n) is 18.5. The highest BCUT2D eigenvalue weighted by Gasteiger charge is 2.63. The summed E-state index contributed by atoms with van der Waals surface area (Å²) >= 11 is 0. The Kier molecular flexibility index (Phi) is 4.85. The zero-order chi connectivity index (χ0) is 23.3. The van der Waals surface area contributed by atoms with E-state index in [0.717, 1.165) is 5.56 Å². The number of rotatable bonds is 3. The highest BCUT2D eigenvalue weighted by Crippen LogP contribution is 2.56. The van der Waals surface area contributed by atoms with E-state index in [1.165, 1.54) is 4.90 Å². The first kappa shape index (κ1) is 21.0. The summed E-state index contributed by atoms with van der Waals surface area (Å²) < 4.78 is 11.2. The maximum absolute atomic E-state index is 13.9. The Morgan fingerprint density at radius 1 is 1.12 bits per heavy atom. The Bertz CT molecular complexity index is 1250. The number of ketones is 1. The fourth-order valence-electron chi connectivity index (χ4n) is 5.34. The lowest BCUT2D eigenvalue weighted by Gasteiger charge is -2.40. The maximum atomic E-state index is 13.9. The van der Waals surface area contributed by atoms with E-state index < -0.39 is 17.3 Å². The van der Waals surface area contributed by atoms with Gasteiger partial charge in [0.25, 0.3) is 0 Å². The molecule has 1 aliphatic carbocycles. The van der Waals surface area contributed by atoms with E-state index in [-0.39, 0.29) is 41.8 Å². The summed E-state index contributed by atoms with van der Waals surface area (Å²) in [6.07, 6.45) is 0.589. The van der Waals surface area contributed by atoms with Gasteiger partial charge in [-0.1, -0.05) is 48.5 Å². The number of nitrogens with two attached hydrogens (primary N) is 1. The molecule has 7 nitrogen and oxygen atoms in total. The van der Waals surface area contributed by atoms with Gasteiger partial charge >= 0.3 is 5.97 Å². The molecule has 2 unspecified atom stereocenters. The molecule has 3 aliphatic rings. The van der Waals surface area contributed by atoms with Crippen LogP contribution >= 0.6 is 0 Å². The van der Waals surface area contributed by atoms with Crippen LogP contribution in [0.3, 0.4) is 0 Å². The summed E-state index contributed by atoms with van der Waals surface area (Å²) in [4.78, 5) is 42.3. The van der Waals surface area contributed by atoms with E-state index in [4.69, 9.17) is 15.2 Å². The minimum Gasteiger partial charge on any atom is -0.462 e. The molecule has 2 aromatic carbocycles. The fraction of sp³-hybridized carbons (Fsp3) is 0.269. The average Bonchev–Trinajstić information content (AvgIpc) is 3.02. The van der Waals surface area contributed by atoms with Crippen molar-refractivity contribution in [3.8, 4) is 0 Å². The number of nitrogens with zero attached hydrogens (tertiary/aromatic N) is 1. The predicted molar refractivity (Wildman–Crippen MR) is 121 cm³/mol.